The lowest BCUT2D eigenvalue weighted by Gasteiger charge is -2.33. The summed E-state index contributed by atoms with van der Waals surface area (Å²) in [5.74, 6) is -1.32. The van der Waals surface area contributed by atoms with E-state index in [2.05, 4.69) is 21.8 Å². The molecule has 20 heavy (non-hydrogen) atoms. The van der Waals surface area contributed by atoms with Gasteiger partial charge in [-0.15, -0.1) is 0 Å². The highest BCUT2D eigenvalue weighted by molar-refractivity contribution is 7.89. The van der Waals surface area contributed by atoms with E-state index in [0.717, 1.165) is 31.9 Å². The van der Waals surface area contributed by atoms with Gasteiger partial charge in [-0.2, -0.15) is 5.10 Å². The molecular weight excluding hydrogens is 282 g/mol. The monoisotopic (exact) mass is 301 g/mol. The fourth-order valence-electron chi connectivity index (χ4n) is 2.56. The second-order valence-electron chi connectivity index (χ2n) is 5.61. The van der Waals surface area contributed by atoms with E-state index < -0.39 is 16.0 Å². The summed E-state index contributed by atoms with van der Waals surface area (Å²) in [6.07, 6.45) is 6.34. The molecule has 1 fully saturated rings. The van der Waals surface area contributed by atoms with Gasteiger partial charge in [-0.05, 0) is 18.3 Å². The molecule has 1 aromatic rings. The van der Waals surface area contributed by atoms with Gasteiger partial charge in [0.2, 0.25) is 0 Å². The van der Waals surface area contributed by atoms with E-state index in [1.165, 1.54) is 6.42 Å². The van der Waals surface area contributed by atoms with Gasteiger partial charge in [0.05, 0.1) is 6.20 Å². The molecule has 0 bridgehead atoms. The quantitative estimate of drug-likeness (QED) is 0.760. The fraction of sp³-hybridized carbons (Fsp3) is 0.667. The standard InChI is InChI=1S/C12H19N3O4S/c1-12(5-3-2-4-6-12)8-14-20(18,19)10-9(11(16)17)7-13-15-10/h7,14H,2-6,8H2,1H3,(H,13,15)(H,16,17). The minimum atomic E-state index is -3.88. The molecule has 1 aromatic heterocycles. The summed E-state index contributed by atoms with van der Waals surface area (Å²) < 4.78 is 26.8. The highest BCUT2D eigenvalue weighted by Gasteiger charge is 2.31. The van der Waals surface area contributed by atoms with Crippen molar-refractivity contribution in [2.45, 2.75) is 44.1 Å². The second-order valence-corrected chi connectivity index (χ2v) is 7.32. The van der Waals surface area contributed by atoms with Crippen LogP contribution < -0.4 is 4.72 Å². The normalized spacial score (nSPS) is 18.9. The van der Waals surface area contributed by atoms with Crippen LogP contribution in [0.25, 0.3) is 0 Å². The molecule has 112 valence electrons. The lowest BCUT2D eigenvalue weighted by atomic mass is 9.76. The van der Waals surface area contributed by atoms with Gasteiger partial charge >= 0.3 is 5.97 Å². The predicted octanol–water partition coefficient (Wildman–Crippen LogP) is 1.36. The van der Waals surface area contributed by atoms with Gasteiger partial charge in [0.25, 0.3) is 10.0 Å². The molecule has 1 heterocycles. The van der Waals surface area contributed by atoms with Crippen molar-refractivity contribution in [3.8, 4) is 0 Å². The molecule has 0 radical (unpaired) electrons. The largest absolute Gasteiger partial charge is 0.478 e. The number of aromatic nitrogens is 2. The Labute approximate surface area is 117 Å². The van der Waals surface area contributed by atoms with Crippen molar-refractivity contribution in [3.05, 3.63) is 11.8 Å². The van der Waals surface area contributed by atoms with Crippen LogP contribution in [0, 0.1) is 5.41 Å². The highest BCUT2D eigenvalue weighted by atomic mass is 32.2. The zero-order valence-corrected chi connectivity index (χ0v) is 12.2. The first-order valence-corrected chi connectivity index (χ1v) is 8.09. The first-order chi connectivity index (χ1) is 9.34. The average molecular weight is 301 g/mol. The molecule has 0 atom stereocenters. The van der Waals surface area contributed by atoms with Gasteiger partial charge in [0.1, 0.15) is 5.56 Å². The summed E-state index contributed by atoms with van der Waals surface area (Å²) in [5.41, 5.74) is -0.402. The molecule has 0 amide bonds. The topological polar surface area (TPSA) is 112 Å². The molecule has 2 rings (SSSR count). The van der Waals surface area contributed by atoms with Gasteiger partial charge in [-0.3, -0.25) is 5.10 Å². The third-order valence-corrected chi connectivity index (χ3v) is 5.23. The number of aromatic amines is 1. The third kappa shape index (κ3) is 3.18. The number of nitrogens with zero attached hydrogens (tertiary/aromatic N) is 1. The van der Waals surface area contributed by atoms with Crippen molar-refractivity contribution < 1.29 is 18.3 Å². The van der Waals surface area contributed by atoms with Crippen LogP contribution in [0.5, 0.6) is 0 Å². The molecule has 0 aromatic carbocycles. The Kier molecular flexibility index (Phi) is 4.14. The number of H-pyrrole nitrogens is 1. The van der Waals surface area contributed by atoms with Crippen molar-refractivity contribution in [2.24, 2.45) is 5.41 Å². The van der Waals surface area contributed by atoms with Crippen molar-refractivity contribution in [1.29, 1.82) is 0 Å². The lowest BCUT2D eigenvalue weighted by Crippen LogP contribution is -2.37. The molecule has 0 aliphatic heterocycles. The zero-order valence-electron chi connectivity index (χ0n) is 11.3. The van der Waals surface area contributed by atoms with Crippen LogP contribution in [-0.2, 0) is 10.0 Å². The summed E-state index contributed by atoms with van der Waals surface area (Å²) in [6, 6.07) is 0. The third-order valence-electron chi connectivity index (χ3n) is 3.85. The number of carboxylic acids is 1. The number of sulfonamides is 1. The summed E-state index contributed by atoms with van der Waals surface area (Å²) in [6.45, 7) is 2.37. The van der Waals surface area contributed by atoms with Crippen LogP contribution in [0.15, 0.2) is 11.2 Å². The van der Waals surface area contributed by atoms with Crippen molar-refractivity contribution in [1.82, 2.24) is 14.9 Å². The van der Waals surface area contributed by atoms with E-state index in [1.807, 2.05) is 0 Å². The Morgan fingerprint density at radius 3 is 2.70 bits per heavy atom. The Bertz CT molecular complexity index is 588. The van der Waals surface area contributed by atoms with Crippen LogP contribution in [-0.4, -0.2) is 36.2 Å². The van der Waals surface area contributed by atoms with E-state index in [1.54, 1.807) is 0 Å². The van der Waals surface area contributed by atoms with Gasteiger partial charge in [-0.1, -0.05) is 26.2 Å². The van der Waals surface area contributed by atoms with E-state index in [-0.39, 0.29) is 16.0 Å². The number of rotatable bonds is 5. The number of nitrogens with one attached hydrogen (secondary N) is 2. The minimum Gasteiger partial charge on any atom is -0.478 e. The summed E-state index contributed by atoms with van der Waals surface area (Å²) in [4.78, 5) is 10.9. The molecule has 1 saturated carbocycles. The second kappa shape index (κ2) is 5.53. The first-order valence-electron chi connectivity index (χ1n) is 6.60. The summed E-state index contributed by atoms with van der Waals surface area (Å²) in [5, 5.41) is 14.3. The van der Waals surface area contributed by atoms with E-state index in [4.69, 9.17) is 5.11 Å². The Morgan fingerprint density at radius 1 is 1.45 bits per heavy atom. The first kappa shape index (κ1) is 15.0. The molecule has 7 nitrogen and oxygen atoms in total. The van der Waals surface area contributed by atoms with Gasteiger partial charge in [-0.25, -0.2) is 17.9 Å². The maximum atomic E-state index is 12.2. The molecule has 8 heteroatoms. The van der Waals surface area contributed by atoms with Gasteiger partial charge in [0.15, 0.2) is 5.03 Å². The summed E-state index contributed by atoms with van der Waals surface area (Å²) in [7, 11) is -3.88. The maximum Gasteiger partial charge on any atom is 0.340 e. The molecule has 0 unspecified atom stereocenters. The number of carboxylic acid groups (broad SMARTS) is 1. The number of aromatic carboxylic acids is 1. The van der Waals surface area contributed by atoms with Crippen LogP contribution >= 0.6 is 0 Å². The average Bonchev–Trinajstić information content (AvgIpc) is 2.88. The van der Waals surface area contributed by atoms with Crippen molar-refractivity contribution >= 4 is 16.0 Å². The molecule has 1 aliphatic rings. The number of hydrogen-bond acceptors (Lipinski definition) is 4. The van der Waals surface area contributed by atoms with Crippen LogP contribution in [0.4, 0.5) is 0 Å². The fourth-order valence-corrected chi connectivity index (χ4v) is 3.84. The van der Waals surface area contributed by atoms with E-state index in [9.17, 15) is 13.2 Å². The predicted molar refractivity (Wildman–Crippen MR) is 71.9 cm³/mol. The van der Waals surface area contributed by atoms with Crippen LogP contribution in [0.3, 0.4) is 0 Å². The zero-order chi connectivity index (χ0) is 14.8. The maximum absolute atomic E-state index is 12.2. The van der Waals surface area contributed by atoms with Crippen molar-refractivity contribution in [2.75, 3.05) is 6.54 Å². The highest BCUT2D eigenvalue weighted by Crippen LogP contribution is 2.35. The van der Waals surface area contributed by atoms with Crippen LogP contribution in [0.1, 0.15) is 49.4 Å². The van der Waals surface area contributed by atoms with Crippen LogP contribution in [0.2, 0.25) is 0 Å². The Hall–Kier alpha value is -1.41. The smallest absolute Gasteiger partial charge is 0.340 e. The lowest BCUT2D eigenvalue weighted by molar-refractivity contribution is 0.0692. The molecular formula is C12H19N3O4S. The van der Waals surface area contributed by atoms with Gasteiger partial charge in [0, 0.05) is 6.54 Å². The van der Waals surface area contributed by atoms with Crippen molar-refractivity contribution in [3.63, 3.8) is 0 Å². The minimum absolute atomic E-state index is 0.0608. The number of hydrogen-bond donors (Lipinski definition) is 3. The Balaban J connectivity index is 2.11. The summed E-state index contributed by atoms with van der Waals surface area (Å²) >= 11 is 0. The van der Waals surface area contributed by atoms with E-state index >= 15 is 0 Å². The Morgan fingerprint density at radius 2 is 2.10 bits per heavy atom. The molecule has 0 spiro atoms. The van der Waals surface area contributed by atoms with Gasteiger partial charge < -0.3 is 5.11 Å². The van der Waals surface area contributed by atoms with E-state index in [0.29, 0.717) is 6.54 Å². The molecule has 1 aliphatic carbocycles. The number of carbonyl (C=O) groups is 1. The molecule has 0 saturated heterocycles. The SMILES string of the molecule is CC1(CNS(=O)(=O)c2[nH]ncc2C(=O)O)CCCCC1. The molecule has 3 N–H and O–H groups in total.